The first kappa shape index (κ1) is 7.50. The lowest BCUT2D eigenvalue weighted by Gasteiger charge is -2.18. The van der Waals surface area contributed by atoms with Crippen LogP contribution in [0.1, 0.15) is 19.3 Å². The van der Waals surface area contributed by atoms with Crippen LogP contribution in [0.5, 0.6) is 0 Å². The third-order valence-electron chi connectivity index (χ3n) is 2.68. The molecule has 0 amide bonds. The molecule has 1 aliphatic heterocycles. The molecule has 1 aliphatic carbocycles. The van der Waals surface area contributed by atoms with E-state index in [2.05, 4.69) is 10.6 Å². The van der Waals surface area contributed by atoms with Crippen LogP contribution < -0.4 is 10.6 Å². The van der Waals surface area contributed by atoms with Gasteiger partial charge in [-0.2, -0.15) is 0 Å². The van der Waals surface area contributed by atoms with Crippen molar-refractivity contribution in [3.8, 4) is 0 Å². The standard InChI is InChI=1S/C8H15FN2/c9-6-8(2-3-8)11-7-1-4-10-5-7/h7,10-11H,1-6H2/t7-/m1/s1. The highest BCUT2D eigenvalue weighted by molar-refractivity contribution is 5.04. The Bertz CT molecular complexity index is 139. The van der Waals surface area contributed by atoms with Crippen molar-refractivity contribution < 1.29 is 4.39 Å². The van der Waals surface area contributed by atoms with Gasteiger partial charge in [0.25, 0.3) is 0 Å². The summed E-state index contributed by atoms with van der Waals surface area (Å²) in [5, 5.41) is 6.64. The van der Waals surface area contributed by atoms with E-state index in [1.807, 2.05) is 0 Å². The van der Waals surface area contributed by atoms with Crippen LogP contribution in [-0.4, -0.2) is 31.3 Å². The third kappa shape index (κ3) is 1.54. The molecule has 1 atom stereocenters. The molecule has 2 nitrogen and oxygen atoms in total. The van der Waals surface area contributed by atoms with E-state index in [0.29, 0.717) is 6.04 Å². The molecular weight excluding hydrogens is 143 g/mol. The highest BCUT2D eigenvalue weighted by Crippen LogP contribution is 2.36. The van der Waals surface area contributed by atoms with Gasteiger partial charge in [-0.3, -0.25) is 0 Å². The second-order valence-electron chi connectivity index (χ2n) is 3.75. The quantitative estimate of drug-likeness (QED) is 0.623. The zero-order valence-electron chi connectivity index (χ0n) is 6.70. The summed E-state index contributed by atoms with van der Waals surface area (Å²) in [4.78, 5) is 0. The zero-order chi connectivity index (χ0) is 7.73. The molecule has 2 fully saturated rings. The topological polar surface area (TPSA) is 24.1 Å². The van der Waals surface area contributed by atoms with Crippen LogP contribution in [0, 0.1) is 0 Å². The maximum atomic E-state index is 12.4. The second kappa shape index (κ2) is 2.72. The van der Waals surface area contributed by atoms with Gasteiger partial charge in [0.05, 0.1) is 0 Å². The molecular formula is C8H15FN2. The lowest BCUT2D eigenvalue weighted by molar-refractivity contribution is 0.331. The number of alkyl halides is 1. The number of rotatable bonds is 3. The van der Waals surface area contributed by atoms with E-state index in [-0.39, 0.29) is 12.2 Å². The summed E-state index contributed by atoms with van der Waals surface area (Å²) in [5.41, 5.74) is -0.101. The van der Waals surface area contributed by atoms with Crippen molar-refractivity contribution >= 4 is 0 Å². The van der Waals surface area contributed by atoms with E-state index in [4.69, 9.17) is 0 Å². The van der Waals surface area contributed by atoms with E-state index < -0.39 is 0 Å². The Morgan fingerprint density at radius 2 is 2.36 bits per heavy atom. The molecule has 1 heterocycles. The Kier molecular flexibility index (Phi) is 1.85. The molecule has 0 unspecified atom stereocenters. The van der Waals surface area contributed by atoms with Crippen molar-refractivity contribution in [2.75, 3.05) is 19.8 Å². The highest BCUT2D eigenvalue weighted by Gasteiger charge is 2.44. The molecule has 2 rings (SSSR count). The van der Waals surface area contributed by atoms with Gasteiger partial charge in [-0.05, 0) is 25.8 Å². The van der Waals surface area contributed by atoms with Crippen molar-refractivity contribution in [3.05, 3.63) is 0 Å². The lowest BCUT2D eigenvalue weighted by atomic mass is 10.2. The van der Waals surface area contributed by atoms with Gasteiger partial charge in [0, 0.05) is 18.1 Å². The monoisotopic (exact) mass is 158 g/mol. The lowest BCUT2D eigenvalue weighted by Crippen LogP contribution is -2.42. The van der Waals surface area contributed by atoms with Gasteiger partial charge in [-0.25, -0.2) is 4.39 Å². The van der Waals surface area contributed by atoms with Gasteiger partial charge in [0.2, 0.25) is 0 Å². The Labute approximate surface area is 66.5 Å². The molecule has 1 saturated heterocycles. The van der Waals surface area contributed by atoms with Crippen molar-refractivity contribution in [2.45, 2.75) is 30.8 Å². The van der Waals surface area contributed by atoms with E-state index in [1.165, 1.54) is 0 Å². The summed E-state index contributed by atoms with van der Waals surface area (Å²) in [6, 6.07) is 0.522. The van der Waals surface area contributed by atoms with Crippen LogP contribution in [-0.2, 0) is 0 Å². The Hall–Kier alpha value is -0.150. The first-order chi connectivity index (χ1) is 5.35. The molecule has 0 radical (unpaired) electrons. The Morgan fingerprint density at radius 3 is 2.82 bits per heavy atom. The van der Waals surface area contributed by atoms with Gasteiger partial charge < -0.3 is 10.6 Å². The fraction of sp³-hybridized carbons (Fsp3) is 1.00. The van der Waals surface area contributed by atoms with Crippen LogP contribution in [0.4, 0.5) is 4.39 Å². The third-order valence-corrected chi connectivity index (χ3v) is 2.68. The van der Waals surface area contributed by atoms with Gasteiger partial charge >= 0.3 is 0 Å². The average Bonchev–Trinajstić information content (AvgIpc) is 2.59. The SMILES string of the molecule is FCC1(N[C@@H]2CCNC2)CC1. The van der Waals surface area contributed by atoms with Gasteiger partial charge in [0.1, 0.15) is 6.67 Å². The molecule has 3 heteroatoms. The average molecular weight is 158 g/mol. The molecule has 0 aromatic rings. The maximum absolute atomic E-state index is 12.4. The van der Waals surface area contributed by atoms with E-state index in [1.54, 1.807) is 0 Å². The minimum Gasteiger partial charge on any atom is -0.315 e. The molecule has 1 saturated carbocycles. The molecule has 0 bridgehead atoms. The summed E-state index contributed by atoms with van der Waals surface area (Å²) in [6.07, 6.45) is 3.21. The normalized spacial score (nSPS) is 34.1. The zero-order valence-corrected chi connectivity index (χ0v) is 6.70. The second-order valence-corrected chi connectivity index (χ2v) is 3.75. The minimum atomic E-state index is -0.191. The van der Waals surface area contributed by atoms with Crippen LogP contribution in [0.3, 0.4) is 0 Å². The van der Waals surface area contributed by atoms with Crippen molar-refractivity contribution in [2.24, 2.45) is 0 Å². The van der Waals surface area contributed by atoms with E-state index in [0.717, 1.165) is 32.4 Å². The van der Waals surface area contributed by atoms with Gasteiger partial charge in [-0.1, -0.05) is 0 Å². The summed E-state index contributed by atoms with van der Waals surface area (Å²) < 4.78 is 12.4. The maximum Gasteiger partial charge on any atom is 0.108 e. The van der Waals surface area contributed by atoms with Crippen LogP contribution in [0.15, 0.2) is 0 Å². The Morgan fingerprint density at radius 1 is 1.55 bits per heavy atom. The number of hydrogen-bond acceptors (Lipinski definition) is 2. The summed E-state index contributed by atoms with van der Waals surface area (Å²) >= 11 is 0. The van der Waals surface area contributed by atoms with E-state index >= 15 is 0 Å². The fourth-order valence-electron chi connectivity index (χ4n) is 1.68. The van der Waals surface area contributed by atoms with Crippen molar-refractivity contribution in [1.82, 2.24) is 10.6 Å². The molecule has 64 valence electrons. The first-order valence-corrected chi connectivity index (χ1v) is 4.39. The van der Waals surface area contributed by atoms with Crippen LogP contribution in [0.2, 0.25) is 0 Å². The molecule has 11 heavy (non-hydrogen) atoms. The number of halogens is 1. The predicted molar refractivity (Wildman–Crippen MR) is 42.4 cm³/mol. The summed E-state index contributed by atoms with van der Waals surface area (Å²) in [7, 11) is 0. The predicted octanol–water partition coefficient (Wildman–Crippen LogP) is 0.440. The fourth-order valence-corrected chi connectivity index (χ4v) is 1.68. The number of hydrogen-bond donors (Lipinski definition) is 2. The van der Waals surface area contributed by atoms with Crippen LogP contribution in [0.25, 0.3) is 0 Å². The summed E-state index contributed by atoms with van der Waals surface area (Å²) in [6.45, 7) is 1.91. The molecule has 0 spiro atoms. The van der Waals surface area contributed by atoms with Crippen molar-refractivity contribution in [1.29, 1.82) is 0 Å². The Balaban J connectivity index is 1.80. The molecule has 0 aromatic carbocycles. The highest BCUT2D eigenvalue weighted by atomic mass is 19.1. The largest absolute Gasteiger partial charge is 0.315 e. The van der Waals surface area contributed by atoms with Gasteiger partial charge in [-0.15, -0.1) is 0 Å². The first-order valence-electron chi connectivity index (χ1n) is 4.39. The summed E-state index contributed by atoms with van der Waals surface area (Å²) in [5.74, 6) is 0. The molecule has 0 aromatic heterocycles. The van der Waals surface area contributed by atoms with Gasteiger partial charge in [0.15, 0.2) is 0 Å². The molecule has 2 aliphatic rings. The van der Waals surface area contributed by atoms with Crippen LogP contribution >= 0.6 is 0 Å². The minimum absolute atomic E-state index is 0.101. The van der Waals surface area contributed by atoms with Crippen molar-refractivity contribution in [3.63, 3.8) is 0 Å². The number of nitrogens with one attached hydrogen (secondary N) is 2. The smallest absolute Gasteiger partial charge is 0.108 e. The molecule has 2 N–H and O–H groups in total. The van der Waals surface area contributed by atoms with E-state index in [9.17, 15) is 4.39 Å².